The molecule has 0 aliphatic carbocycles. The summed E-state index contributed by atoms with van der Waals surface area (Å²) in [5, 5.41) is 1.28. The van der Waals surface area contributed by atoms with E-state index in [9.17, 15) is 9.18 Å². The zero-order valence-electron chi connectivity index (χ0n) is 15.4. The SMILES string of the molecule is COC(=O)c1cc(Br)c(CN2CCN(Cc3cc(Cl)cc(Cl)c3)CC2)cc1F. The first-order valence-corrected chi connectivity index (χ1v) is 10.4. The summed E-state index contributed by atoms with van der Waals surface area (Å²) in [6, 6.07) is 8.48. The Morgan fingerprint density at radius 1 is 1.04 bits per heavy atom. The number of ether oxygens (including phenoxy) is 1. The van der Waals surface area contributed by atoms with Crippen molar-refractivity contribution in [2.24, 2.45) is 0 Å². The maximum Gasteiger partial charge on any atom is 0.340 e. The molecule has 0 bridgehead atoms. The van der Waals surface area contributed by atoms with Crippen molar-refractivity contribution in [3.8, 4) is 0 Å². The summed E-state index contributed by atoms with van der Waals surface area (Å²) in [6.07, 6.45) is 0. The zero-order chi connectivity index (χ0) is 20.3. The van der Waals surface area contributed by atoms with Crippen LogP contribution in [0.15, 0.2) is 34.8 Å². The van der Waals surface area contributed by atoms with Crippen LogP contribution < -0.4 is 0 Å². The van der Waals surface area contributed by atoms with Gasteiger partial charge >= 0.3 is 5.97 Å². The van der Waals surface area contributed by atoms with E-state index in [1.807, 2.05) is 12.1 Å². The summed E-state index contributed by atoms with van der Waals surface area (Å²) in [5.41, 5.74) is 1.83. The normalized spacial score (nSPS) is 15.6. The van der Waals surface area contributed by atoms with Gasteiger partial charge in [0.25, 0.3) is 0 Å². The Kier molecular flexibility index (Phi) is 7.34. The van der Waals surface area contributed by atoms with E-state index >= 15 is 0 Å². The van der Waals surface area contributed by atoms with Gasteiger partial charge in [-0.05, 0) is 41.5 Å². The summed E-state index contributed by atoms with van der Waals surface area (Å²) >= 11 is 15.6. The van der Waals surface area contributed by atoms with Gasteiger partial charge in [-0.25, -0.2) is 9.18 Å². The number of methoxy groups -OCH3 is 1. The standard InChI is InChI=1S/C20H20BrCl2FN2O2/c1-28-20(27)17-10-18(21)14(8-19(17)24)12-26-4-2-25(3-5-26)11-13-6-15(22)9-16(23)7-13/h6-10H,2-5,11-12H2,1H3. The minimum atomic E-state index is -0.681. The average molecular weight is 490 g/mol. The summed E-state index contributed by atoms with van der Waals surface area (Å²) in [5.74, 6) is -1.25. The fourth-order valence-corrected chi connectivity index (χ4v) is 4.32. The van der Waals surface area contributed by atoms with Gasteiger partial charge in [-0.15, -0.1) is 0 Å². The van der Waals surface area contributed by atoms with Crippen molar-refractivity contribution in [1.29, 1.82) is 0 Å². The molecule has 2 aromatic carbocycles. The summed E-state index contributed by atoms with van der Waals surface area (Å²) in [4.78, 5) is 16.2. The molecule has 150 valence electrons. The van der Waals surface area contributed by atoms with E-state index in [-0.39, 0.29) is 5.56 Å². The summed E-state index contributed by atoms with van der Waals surface area (Å²) in [6.45, 7) is 4.91. The van der Waals surface area contributed by atoms with Gasteiger partial charge < -0.3 is 4.74 Å². The second-order valence-corrected chi connectivity index (χ2v) is 8.47. The first-order valence-electron chi connectivity index (χ1n) is 8.81. The molecule has 1 heterocycles. The molecule has 1 saturated heterocycles. The molecule has 0 saturated carbocycles. The van der Waals surface area contributed by atoms with Crippen LogP contribution >= 0.6 is 39.1 Å². The molecule has 0 radical (unpaired) electrons. The van der Waals surface area contributed by atoms with Crippen LogP contribution in [0, 0.1) is 5.82 Å². The first kappa shape index (κ1) is 21.5. The predicted octanol–water partition coefficient (Wildman–Crippen LogP) is 5.00. The van der Waals surface area contributed by atoms with Crippen molar-refractivity contribution in [3.63, 3.8) is 0 Å². The number of hydrogen-bond donors (Lipinski definition) is 0. The van der Waals surface area contributed by atoms with Crippen molar-refractivity contribution >= 4 is 45.1 Å². The van der Waals surface area contributed by atoms with Crippen molar-refractivity contribution in [2.75, 3.05) is 33.3 Å². The molecule has 4 nitrogen and oxygen atoms in total. The largest absolute Gasteiger partial charge is 0.465 e. The molecule has 1 aliphatic rings. The fraction of sp³-hybridized carbons (Fsp3) is 0.350. The van der Waals surface area contributed by atoms with Gasteiger partial charge in [-0.3, -0.25) is 9.80 Å². The molecule has 3 rings (SSSR count). The topological polar surface area (TPSA) is 32.8 Å². The molecular weight excluding hydrogens is 470 g/mol. The van der Waals surface area contributed by atoms with Crippen LogP contribution in [0.3, 0.4) is 0 Å². The molecule has 1 fully saturated rings. The van der Waals surface area contributed by atoms with Crippen LogP contribution in [0.4, 0.5) is 4.39 Å². The molecule has 0 spiro atoms. The second-order valence-electron chi connectivity index (χ2n) is 6.75. The Morgan fingerprint density at radius 2 is 1.61 bits per heavy atom. The number of hydrogen-bond acceptors (Lipinski definition) is 4. The van der Waals surface area contributed by atoms with Gasteiger partial charge in [0.2, 0.25) is 0 Å². The van der Waals surface area contributed by atoms with Crippen LogP contribution in [0.5, 0.6) is 0 Å². The van der Waals surface area contributed by atoms with Crippen molar-refractivity contribution in [2.45, 2.75) is 13.1 Å². The van der Waals surface area contributed by atoms with E-state index in [0.29, 0.717) is 21.1 Å². The number of carbonyl (C=O) groups excluding carboxylic acids is 1. The van der Waals surface area contributed by atoms with Gasteiger partial charge in [0.05, 0.1) is 12.7 Å². The van der Waals surface area contributed by atoms with Crippen LogP contribution in [-0.4, -0.2) is 49.1 Å². The predicted molar refractivity (Wildman–Crippen MR) is 112 cm³/mol. The lowest BCUT2D eigenvalue weighted by Crippen LogP contribution is -2.45. The van der Waals surface area contributed by atoms with Gasteiger partial charge in [0, 0.05) is 53.8 Å². The number of benzene rings is 2. The maximum absolute atomic E-state index is 14.2. The molecule has 0 N–H and O–H groups in total. The Labute approximate surface area is 182 Å². The molecule has 0 unspecified atom stereocenters. The molecule has 2 aromatic rings. The number of piperazine rings is 1. The lowest BCUT2D eigenvalue weighted by molar-refractivity contribution is 0.0595. The molecule has 0 amide bonds. The molecule has 0 atom stereocenters. The summed E-state index contributed by atoms with van der Waals surface area (Å²) in [7, 11) is 1.24. The third-order valence-corrected chi connectivity index (χ3v) is 5.90. The second kappa shape index (κ2) is 9.55. The van der Waals surface area contributed by atoms with E-state index in [2.05, 4.69) is 30.5 Å². The fourth-order valence-electron chi connectivity index (χ4n) is 3.28. The molecule has 1 aliphatic heterocycles. The van der Waals surface area contributed by atoms with Crippen LogP contribution in [-0.2, 0) is 17.8 Å². The van der Waals surface area contributed by atoms with Crippen molar-refractivity contribution in [1.82, 2.24) is 9.80 Å². The Hall–Kier alpha value is -1.18. The first-order chi connectivity index (χ1) is 13.4. The monoisotopic (exact) mass is 488 g/mol. The van der Waals surface area contributed by atoms with Gasteiger partial charge in [0.15, 0.2) is 0 Å². The third kappa shape index (κ3) is 5.45. The van der Waals surface area contributed by atoms with Crippen LogP contribution in [0.25, 0.3) is 0 Å². The van der Waals surface area contributed by atoms with Crippen LogP contribution in [0.2, 0.25) is 10.0 Å². The summed E-state index contributed by atoms with van der Waals surface area (Å²) < 4.78 is 19.5. The smallest absolute Gasteiger partial charge is 0.340 e. The number of nitrogens with zero attached hydrogens (tertiary/aromatic N) is 2. The van der Waals surface area contributed by atoms with E-state index in [4.69, 9.17) is 23.2 Å². The number of rotatable bonds is 5. The highest BCUT2D eigenvalue weighted by Crippen LogP contribution is 2.25. The Bertz CT molecular complexity index is 853. The van der Waals surface area contributed by atoms with Gasteiger partial charge in [-0.2, -0.15) is 0 Å². The van der Waals surface area contributed by atoms with Crippen LogP contribution in [0.1, 0.15) is 21.5 Å². The van der Waals surface area contributed by atoms with E-state index in [1.165, 1.54) is 19.2 Å². The van der Waals surface area contributed by atoms with Gasteiger partial charge in [0.1, 0.15) is 5.82 Å². The minimum absolute atomic E-state index is 0.0665. The molecule has 8 heteroatoms. The van der Waals surface area contributed by atoms with Crippen molar-refractivity contribution < 1.29 is 13.9 Å². The highest BCUT2D eigenvalue weighted by atomic mass is 79.9. The average Bonchev–Trinajstić information content (AvgIpc) is 2.64. The van der Waals surface area contributed by atoms with Gasteiger partial charge in [-0.1, -0.05) is 39.1 Å². The quantitative estimate of drug-likeness (QED) is 0.553. The Balaban J connectivity index is 1.58. The highest BCUT2D eigenvalue weighted by molar-refractivity contribution is 9.10. The lowest BCUT2D eigenvalue weighted by Gasteiger charge is -2.35. The molecule has 28 heavy (non-hydrogen) atoms. The number of halogens is 4. The Morgan fingerprint density at radius 3 is 2.18 bits per heavy atom. The highest BCUT2D eigenvalue weighted by Gasteiger charge is 2.20. The minimum Gasteiger partial charge on any atom is -0.465 e. The number of carbonyl (C=O) groups is 1. The van der Waals surface area contributed by atoms with E-state index in [1.54, 1.807) is 6.07 Å². The molecule has 0 aromatic heterocycles. The maximum atomic E-state index is 14.2. The van der Waals surface area contributed by atoms with Crippen molar-refractivity contribution in [3.05, 3.63) is 67.4 Å². The third-order valence-electron chi connectivity index (χ3n) is 4.73. The lowest BCUT2D eigenvalue weighted by atomic mass is 10.1. The number of esters is 1. The van der Waals surface area contributed by atoms with E-state index < -0.39 is 11.8 Å². The van der Waals surface area contributed by atoms with E-state index in [0.717, 1.165) is 43.9 Å². The zero-order valence-corrected chi connectivity index (χ0v) is 18.5. The molecular formula is C20H20BrCl2FN2O2.